The summed E-state index contributed by atoms with van der Waals surface area (Å²) in [7, 11) is 0. The van der Waals surface area contributed by atoms with Gasteiger partial charge in [0.2, 0.25) is 0 Å². The van der Waals surface area contributed by atoms with Gasteiger partial charge in [0.15, 0.2) is 0 Å². The Labute approximate surface area is 120 Å². The van der Waals surface area contributed by atoms with Crippen molar-refractivity contribution in [2.45, 2.75) is 32.6 Å². The monoisotopic (exact) mass is 270 g/mol. The molecule has 0 radical (unpaired) electrons. The summed E-state index contributed by atoms with van der Waals surface area (Å²) in [5.41, 5.74) is 7.23. The van der Waals surface area contributed by atoms with Gasteiger partial charge in [-0.05, 0) is 42.9 Å². The number of nitrogens with one attached hydrogen (secondary N) is 1. The van der Waals surface area contributed by atoms with E-state index >= 15 is 0 Å². The zero-order chi connectivity index (χ0) is 14.4. The molecule has 0 heterocycles. The van der Waals surface area contributed by atoms with Crippen LogP contribution in [0.2, 0.25) is 0 Å². The van der Waals surface area contributed by atoms with Crippen LogP contribution in [0.1, 0.15) is 48.5 Å². The van der Waals surface area contributed by atoms with Crippen molar-refractivity contribution < 1.29 is 4.79 Å². The van der Waals surface area contributed by atoms with Gasteiger partial charge in [-0.2, -0.15) is 0 Å². The number of amides is 1. The number of carbonyl (C=O) groups is 1. The first-order valence-electron chi connectivity index (χ1n) is 7.26. The molecule has 3 N–H and O–H groups in total. The normalized spacial score (nSPS) is 15.1. The molecule has 0 atom stereocenters. The standard InChI is InChI=1S/C17H22N2O/c1-2-8-17(9-10-17)13-19-16(20)15-7-3-5-14(12-15)6-4-11-18/h3,5,7,12H,2,8-11,13,18H2,1H3,(H,19,20). The minimum absolute atomic E-state index is 0.0104. The van der Waals surface area contributed by atoms with Crippen molar-refractivity contribution in [1.29, 1.82) is 0 Å². The van der Waals surface area contributed by atoms with Crippen molar-refractivity contribution in [2.24, 2.45) is 11.1 Å². The molecule has 1 aromatic rings. The fourth-order valence-electron chi connectivity index (χ4n) is 2.48. The number of nitrogens with two attached hydrogens (primary N) is 1. The van der Waals surface area contributed by atoms with Crippen LogP contribution in [0.3, 0.4) is 0 Å². The van der Waals surface area contributed by atoms with Gasteiger partial charge < -0.3 is 11.1 Å². The van der Waals surface area contributed by atoms with Gasteiger partial charge in [0.1, 0.15) is 0 Å². The highest BCUT2D eigenvalue weighted by Gasteiger charge is 2.41. The van der Waals surface area contributed by atoms with Gasteiger partial charge in [-0.1, -0.05) is 31.3 Å². The molecule has 20 heavy (non-hydrogen) atoms. The first-order valence-corrected chi connectivity index (χ1v) is 7.26. The van der Waals surface area contributed by atoms with Gasteiger partial charge in [0, 0.05) is 17.7 Å². The van der Waals surface area contributed by atoms with Crippen LogP contribution in [0, 0.1) is 17.3 Å². The van der Waals surface area contributed by atoms with Gasteiger partial charge in [-0.15, -0.1) is 0 Å². The maximum Gasteiger partial charge on any atom is 0.251 e. The molecule has 106 valence electrons. The van der Waals surface area contributed by atoms with Gasteiger partial charge in [0.05, 0.1) is 6.54 Å². The quantitative estimate of drug-likeness (QED) is 0.807. The molecule has 0 aliphatic heterocycles. The molecule has 1 saturated carbocycles. The summed E-state index contributed by atoms with van der Waals surface area (Å²) in [6, 6.07) is 7.38. The van der Waals surface area contributed by atoms with E-state index in [1.165, 1.54) is 25.7 Å². The molecular formula is C17H22N2O. The van der Waals surface area contributed by atoms with Gasteiger partial charge in [-0.3, -0.25) is 4.79 Å². The fourth-order valence-corrected chi connectivity index (χ4v) is 2.48. The molecule has 0 spiro atoms. The zero-order valence-corrected chi connectivity index (χ0v) is 12.0. The Morgan fingerprint density at radius 2 is 2.25 bits per heavy atom. The average Bonchev–Trinajstić information content (AvgIpc) is 3.23. The van der Waals surface area contributed by atoms with Gasteiger partial charge in [0.25, 0.3) is 5.91 Å². The molecule has 3 heteroatoms. The smallest absolute Gasteiger partial charge is 0.251 e. The fraction of sp³-hybridized carbons (Fsp3) is 0.471. The second-order valence-corrected chi connectivity index (χ2v) is 5.52. The van der Waals surface area contributed by atoms with Crippen molar-refractivity contribution >= 4 is 5.91 Å². The molecule has 0 bridgehead atoms. The summed E-state index contributed by atoms with van der Waals surface area (Å²) < 4.78 is 0. The van der Waals surface area contributed by atoms with E-state index in [1.807, 2.05) is 24.3 Å². The van der Waals surface area contributed by atoms with E-state index in [1.54, 1.807) is 0 Å². The van der Waals surface area contributed by atoms with E-state index in [0.717, 1.165) is 12.1 Å². The second kappa shape index (κ2) is 6.58. The second-order valence-electron chi connectivity index (χ2n) is 5.52. The number of carbonyl (C=O) groups excluding carboxylic acids is 1. The molecular weight excluding hydrogens is 248 g/mol. The molecule has 1 aliphatic rings. The summed E-state index contributed by atoms with van der Waals surface area (Å²) in [5.74, 6) is 5.74. The van der Waals surface area contributed by atoms with Gasteiger partial charge in [-0.25, -0.2) is 0 Å². The molecule has 0 unspecified atom stereocenters. The van der Waals surface area contributed by atoms with E-state index in [9.17, 15) is 4.79 Å². The summed E-state index contributed by atoms with van der Waals surface area (Å²) in [4.78, 5) is 12.2. The lowest BCUT2D eigenvalue weighted by Gasteiger charge is -2.14. The predicted octanol–water partition coefficient (Wildman–Crippen LogP) is 2.31. The highest BCUT2D eigenvalue weighted by Crippen LogP contribution is 2.48. The SMILES string of the molecule is CCCC1(CNC(=O)c2cccc(C#CCN)c2)CC1. The van der Waals surface area contributed by atoms with Crippen molar-refractivity contribution in [1.82, 2.24) is 5.32 Å². The zero-order valence-electron chi connectivity index (χ0n) is 12.0. The predicted molar refractivity (Wildman–Crippen MR) is 81.3 cm³/mol. The third-order valence-electron chi connectivity index (χ3n) is 3.82. The van der Waals surface area contributed by atoms with Crippen LogP contribution >= 0.6 is 0 Å². The maximum absolute atomic E-state index is 12.2. The number of benzene rings is 1. The van der Waals surface area contributed by atoms with E-state index in [0.29, 0.717) is 17.5 Å². The maximum atomic E-state index is 12.2. The number of rotatable bonds is 5. The first-order chi connectivity index (χ1) is 9.69. The van der Waals surface area contributed by atoms with E-state index in [4.69, 9.17) is 5.73 Å². The van der Waals surface area contributed by atoms with Crippen LogP contribution in [-0.2, 0) is 0 Å². The minimum Gasteiger partial charge on any atom is -0.351 e. The Balaban J connectivity index is 1.95. The molecule has 0 aromatic heterocycles. The Bertz CT molecular complexity index is 535. The lowest BCUT2D eigenvalue weighted by molar-refractivity contribution is 0.0943. The highest BCUT2D eigenvalue weighted by atomic mass is 16.1. The van der Waals surface area contributed by atoms with Crippen molar-refractivity contribution in [3.8, 4) is 11.8 Å². The van der Waals surface area contributed by atoms with Crippen LogP contribution in [0.25, 0.3) is 0 Å². The topological polar surface area (TPSA) is 55.1 Å². The Morgan fingerprint density at radius 1 is 1.45 bits per heavy atom. The van der Waals surface area contributed by atoms with Crippen LogP contribution in [0.4, 0.5) is 0 Å². The van der Waals surface area contributed by atoms with Crippen LogP contribution in [0.15, 0.2) is 24.3 Å². The number of hydrogen-bond donors (Lipinski definition) is 2. The van der Waals surface area contributed by atoms with E-state index in [2.05, 4.69) is 24.1 Å². The third kappa shape index (κ3) is 3.85. The molecule has 1 aliphatic carbocycles. The van der Waals surface area contributed by atoms with Crippen LogP contribution < -0.4 is 11.1 Å². The Morgan fingerprint density at radius 3 is 2.90 bits per heavy atom. The molecule has 3 nitrogen and oxygen atoms in total. The Kier molecular flexibility index (Phi) is 4.81. The van der Waals surface area contributed by atoms with Gasteiger partial charge >= 0.3 is 0 Å². The highest BCUT2D eigenvalue weighted by molar-refractivity contribution is 5.94. The average molecular weight is 270 g/mol. The first kappa shape index (κ1) is 14.6. The lowest BCUT2D eigenvalue weighted by atomic mass is 10.0. The summed E-state index contributed by atoms with van der Waals surface area (Å²) in [6.45, 7) is 3.32. The molecule has 2 rings (SSSR count). The lowest BCUT2D eigenvalue weighted by Crippen LogP contribution is -2.30. The van der Waals surface area contributed by atoms with Crippen LogP contribution in [0.5, 0.6) is 0 Å². The van der Waals surface area contributed by atoms with Crippen molar-refractivity contribution in [3.63, 3.8) is 0 Å². The molecule has 0 saturated heterocycles. The van der Waals surface area contributed by atoms with E-state index in [-0.39, 0.29) is 5.91 Å². The molecule has 1 fully saturated rings. The van der Waals surface area contributed by atoms with Crippen LogP contribution in [-0.4, -0.2) is 19.0 Å². The summed E-state index contributed by atoms with van der Waals surface area (Å²) in [5, 5.41) is 3.06. The minimum atomic E-state index is -0.0104. The molecule has 1 aromatic carbocycles. The summed E-state index contributed by atoms with van der Waals surface area (Å²) in [6.07, 6.45) is 4.86. The third-order valence-corrected chi connectivity index (χ3v) is 3.82. The number of hydrogen-bond acceptors (Lipinski definition) is 2. The van der Waals surface area contributed by atoms with Crippen molar-refractivity contribution in [3.05, 3.63) is 35.4 Å². The Hall–Kier alpha value is -1.79. The van der Waals surface area contributed by atoms with Crippen molar-refractivity contribution in [2.75, 3.05) is 13.1 Å². The largest absolute Gasteiger partial charge is 0.351 e. The summed E-state index contributed by atoms with van der Waals surface area (Å²) >= 11 is 0. The molecule has 1 amide bonds. The van der Waals surface area contributed by atoms with E-state index < -0.39 is 0 Å².